The van der Waals surface area contributed by atoms with Crippen molar-refractivity contribution < 1.29 is 8.81 Å². The molecule has 2 heterocycles. The lowest BCUT2D eigenvalue weighted by Gasteiger charge is -2.05. The predicted molar refractivity (Wildman–Crippen MR) is 59.6 cm³/mol. The highest BCUT2D eigenvalue weighted by Crippen LogP contribution is 2.18. The van der Waals surface area contributed by atoms with E-state index in [1.807, 2.05) is 13.8 Å². The van der Waals surface area contributed by atoms with Gasteiger partial charge in [-0.1, -0.05) is 6.92 Å². The monoisotopic (exact) mass is 236 g/mol. The SMILES string of the molecule is CCNC(C)c1nnc(-c2ccc(F)cn2)o1. The second-order valence-corrected chi connectivity index (χ2v) is 3.59. The van der Waals surface area contributed by atoms with Gasteiger partial charge in [0, 0.05) is 0 Å². The summed E-state index contributed by atoms with van der Waals surface area (Å²) in [6.45, 7) is 4.74. The topological polar surface area (TPSA) is 63.8 Å². The van der Waals surface area contributed by atoms with Gasteiger partial charge in [0.2, 0.25) is 5.89 Å². The van der Waals surface area contributed by atoms with Crippen LogP contribution >= 0.6 is 0 Å². The summed E-state index contributed by atoms with van der Waals surface area (Å²) in [6.07, 6.45) is 1.12. The van der Waals surface area contributed by atoms with E-state index >= 15 is 0 Å². The Morgan fingerprint density at radius 2 is 2.24 bits per heavy atom. The van der Waals surface area contributed by atoms with Crippen molar-refractivity contribution in [1.82, 2.24) is 20.5 Å². The molecule has 2 aromatic heterocycles. The maximum Gasteiger partial charge on any atom is 0.266 e. The minimum Gasteiger partial charge on any atom is -0.418 e. The van der Waals surface area contributed by atoms with Gasteiger partial charge in [0.05, 0.1) is 12.2 Å². The van der Waals surface area contributed by atoms with Crippen LogP contribution in [0.4, 0.5) is 4.39 Å². The molecule has 1 atom stereocenters. The van der Waals surface area contributed by atoms with Crippen molar-refractivity contribution >= 4 is 0 Å². The molecule has 0 bridgehead atoms. The molecule has 0 saturated heterocycles. The van der Waals surface area contributed by atoms with Crippen LogP contribution in [0.5, 0.6) is 0 Å². The van der Waals surface area contributed by atoms with Crippen LogP contribution in [0.1, 0.15) is 25.8 Å². The fraction of sp³-hybridized carbons (Fsp3) is 0.364. The van der Waals surface area contributed by atoms with E-state index in [0.29, 0.717) is 17.5 Å². The lowest BCUT2D eigenvalue weighted by Crippen LogP contribution is -2.17. The van der Waals surface area contributed by atoms with E-state index in [1.165, 1.54) is 12.1 Å². The van der Waals surface area contributed by atoms with Crippen molar-refractivity contribution in [2.45, 2.75) is 19.9 Å². The Kier molecular flexibility index (Phi) is 3.43. The lowest BCUT2D eigenvalue weighted by molar-refractivity contribution is 0.428. The molecule has 2 aromatic rings. The zero-order valence-electron chi connectivity index (χ0n) is 9.64. The van der Waals surface area contributed by atoms with E-state index in [-0.39, 0.29) is 6.04 Å². The normalized spacial score (nSPS) is 12.6. The summed E-state index contributed by atoms with van der Waals surface area (Å²) in [5.41, 5.74) is 0.467. The first-order chi connectivity index (χ1) is 8.20. The van der Waals surface area contributed by atoms with E-state index in [2.05, 4.69) is 20.5 Å². The average Bonchev–Trinajstić information content (AvgIpc) is 2.80. The zero-order valence-corrected chi connectivity index (χ0v) is 9.64. The molecule has 0 aliphatic heterocycles. The van der Waals surface area contributed by atoms with E-state index in [0.717, 1.165) is 12.7 Å². The van der Waals surface area contributed by atoms with Crippen LogP contribution in [-0.2, 0) is 0 Å². The van der Waals surface area contributed by atoms with Crippen molar-refractivity contribution in [2.24, 2.45) is 0 Å². The van der Waals surface area contributed by atoms with Gasteiger partial charge in [-0.05, 0) is 25.6 Å². The molecule has 5 nitrogen and oxygen atoms in total. The summed E-state index contributed by atoms with van der Waals surface area (Å²) in [6, 6.07) is 2.80. The van der Waals surface area contributed by atoms with Gasteiger partial charge in [-0.2, -0.15) is 0 Å². The minimum absolute atomic E-state index is 0.0123. The first-order valence-electron chi connectivity index (χ1n) is 5.39. The zero-order chi connectivity index (χ0) is 12.3. The third-order valence-electron chi connectivity index (χ3n) is 2.27. The second kappa shape index (κ2) is 5.01. The Morgan fingerprint density at radius 3 is 2.88 bits per heavy atom. The number of hydrogen-bond donors (Lipinski definition) is 1. The fourth-order valence-electron chi connectivity index (χ4n) is 1.41. The fourth-order valence-corrected chi connectivity index (χ4v) is 1.41. The highest BCUT2D eigenvalue weighted by molar-refractivity contribution is 5.45. The van der Waals surface area contributed by atoms with Crippen LogP contribution in [-0.4, -0.2) is 21.7 Å². The molecular formula is C11H13FN4O. The van der Waals surface area contributed by atoms with Gasteiger partial charge in [-0.15, -0.1) is 10.2 Å². The molecule has 17 heavy (non-hydrogen) atoms. The van der Waals surface area contributed by atoms with Crippen molar-refractivity contribution in [3.8, 4) is 11.6 Å². The van der Waals surface area contributed by atoms with Gasteiger partial charge in [0.1, 0.15) is 11.5 Å². The van der Waals surface area contributed by atoms with Gasteiger partial charge in [0.15, 0.2) is 0 Å². The third kappa shape index (κ3) is 2.65. The van der Waals surface area contributed by atoms with Crippen molar-refractivity contribution in [1.29, 1.82) is 0 Å². The summed E-state index contributed by atoms with van der Waals surface area (Å²) in [7, 11) is 0. The van der Waals surface area contributed by atoms with Gasteiger partial charge < -0.3 is 9.73 Å². The summed E-state index contributed by atoms with van der Waals surface area (Å²) >= 11 is 0. The lowest BCUT2D eigenvalue weighted by atomic mass is 10.3. The van der Waals surface area contributed by atoms with Crippen LogP contribution in [0, 0.1) is 5.82 Å². The Labute approximate surface area is 98.1 Å². The summed E-state index contributed by atoms with van der Waals surface area (Å²) in [5, 5.41) is 11.0. The number of hydrogen-bond acceptors (Lipinski definition) is 5. The standard InChI is InChI=1S/C11H13FN4O/c1-3-13-7(2)10-15-16-11(17-10)9-5-4-8(12)6-14-9/h4-7,13H,3H2,1-2H3. The van der Waals surface area contributed by atoms with E-state index in [9.17, 15) is 4.39 Å². The molecule has 6 heteroatoms. The minimum atomic E-state index is -0.394. The number of halogens is 1. The molecule has 0 fully saturated rings. The maximum absolute atomic E-state index is 12.7. The smallest absolute Gasteiger partial charge is 0.266 e. The molecular weight excluding hydrogens is 223 g/mol. The van der Waals surface area contributed by atoms with Crippen molar-refractivity contribution in [3.63, 3.8) is 0 Å². The summed E-state index contributed by atoms with van der Waals surface area (Å²) in [5.74, 6) is 0.396. The molecule has 0 saturated carbocycles. The van der Waals surface area contributed by atoms with Gasteiger partial charge in [0.25, 0.3) is 5.89 Å². The van der Waals surface area contributed by atoms with Crippen LogP contribution in [0.2, 0.25) is 0 Å². The van der Waals surface area contributed by atoms with Gasteiger partial charge >= 0.3 is 0 Å². The average molecular weight is 236 g/mol. The Hall–Kier alpha value is -1.82. The van der Waals surface area contributed by atoms with Gasteiger partial charge in [-0.25, -0.2) is 9.37 Å². The largest absolute Gasteiger partial charge is 0.418 e. The van der Waals surface area contributed by atoms with Crippen molar-refractivity contribution in [3.05, 3.63) is 30.0 Å². The molecule has 2 rings (SSSR count). The molecule has 0 radical (unpaired) electrons. The Morgan fingerprint density at radius 1 is 1.41 bits per heavy atom. The molecule has 0 aromatic carbocycles. The highest BCUT2D eigenvalue weighted by atomic mass is 19.1. The number of nitrogens with one attached hydrogen (secondary N) is 1. The molecule has 0 aliphatic carbocycles. The van der Waals surface area contributed by atoms with Gasteiger partial charge in [-0.3, -0.25) is 0 Å². The predicted octanol–water partition coefficient (Wildman–Crippen LogP) is 1.94. The molecule has 0 aliphatic rings. The summed E-state index contributed by atoms with van der Waals surface area (Å²) in [4.78, 5) is 3.88. The molecule has 90 valence electrons. The van der Waals surface area contributed by atoms with E-state index < -0.39 is 5.82 Å². The number of nitrogens with zero attached hydrogens (tertiary/aromatic N) is 3. The van der Waals surface area contributed by atoms with E-state index in [1.54, 1.807) is 0 Å². The quantitative estimate of drug-likeness (QED) is 0.878. The molecule has 1 N–H and O–H groups in total. The molecule has 1 unspecified atom stereocenters. The van der Waals surface area contributed by atoms with Crippen LogP contribution in [0.25, 0.3) is 11.6 Å². The highest BCUT2D eigenvalue weighted by Gasteiger charge is 2.14. The first-order valence-corrected chi connectivity index (χ1v) is 5.39. The number of aromatic nitrogens is 3. The van der Waals surface area contributed by atoms with E-state index in [4.69, 9.17) is 4.42 Å². The number of rotatable bonds is 4. The summed E-state index contributed by atoms with van der Waals surface area (Å²) < 4.78 is 18.2. The van der Waals surface area contributed by atoms with Crippen molar-refractivity contribution in [2.75, 3.05) is 6.54 Å². The Balaban J connectivity index is 2.20. The molecule has 0 spiro atoms. The van der Waals surface area contributed by atoms with Crippen LogP contribution in [0.3, 0.4) is 0 Å². The maximum atomic E-state index is 12.7. The molecule has 0 amide bonds. The second-order valence-electron chi connectivity index (χ2n) is 3.59. The number of pyridine rings is 1. The van der Waals surface area contributed by atoms with Crippen LogP contribution in [0.15, 0.2) is 22.7 Å². The Bertz CT molecular complexity index is 482. The van der Waals surface area contributed by atoms with Crippen LogP contribution < -0.4 is 5.32 Å². The first kappa shape index (κ1) is 11.7. The third-order valence-corrected chi connectivity index (χ3v) is 2.27.